The number of carbonyl (C=O) groups excluding carboxylic acids is 2. The van der Waals surface area contributed by atoms with Gasteiger partial charge in [0.2, 0.25) is 5.91 Å². The summed E-state index contributed by atoms with van der Waals surface area (Å²) < 4.78 is 5.59. The number of hydrogen-bond acceptors (Lipinski definition) is 6. The van der Waals surface area contributed by atoms with Gasteiger partial charge in [-0.15, -0.1) is 11.3 Å². The lowest BCUT2D eigenvalue weighted by Crippen LogP contribution is -2.32. The van der Waals surface area contributed by atoms with Crippen molar-refractivity contribution in [3.63, 3.8) is 0 Å². The molecule has 0 saturated heterocycles. The summed E-state index contributed by atoms with van der Waals surface area (Å²) in [6.45, 7) is 0.699. The molecule has 1 aromatic heterocycles. The third-order valence-corrected chi connectivity index (χ3v) is 7.83. The second-order valence-electron chi connectivity index (χ2n) is 9.53. The monoisotopic (exact) mass is 555 g/mol. The molecule has 0 spiro atoms. The van der Waals surface area contributed by atoms with Crippen LogP contribution >= 0.6 is 11.3 Å². The molecule has 1 aliphatic carbocycles. The summed E-state index contributed by atoms with van der Waals surface area (Å²) >= 11 is 1.28. The van der Waals surface area contributed by atoms with Crippen molar-refractivity contribution < 1.29 is 24.2 Å². The molecule has 8 nitrogen and oxygen atoms in total. The van der Waals surface area contributed by atoms with Gasteiger partial charge in [-0.1, -0.05) is 78.9 Å². The van der Waals surface area contributed by atoms with E-state index in [1.165, 1.54) is 11.3 Å². The lowest BCUT2D eigenvalue weighted by Gasteiger charge is -2.22. The number of rotatable bonds is 11. The Morgan fingerprint density at radius 3 is 2.23 bits per heavy atom. The molecule has 3 aromatic carbocycles. The quantitative estimate of drug-likeness (QED) is 0.237. The van der Waals surface area contributed by atoms with Gasteiger partial charge in [0.25, 0.3) is 0 Å². The third-order valence-electron chi connectivity index (χ3n) is 6.86. The minimum absolute atomic E-state index is 0.0315. The van der Waals surface area contributed by atoms with Gasteiger partial charge in [0.05, 0.1) is 6.42 Å². The topological polar surface area (TPSA) is 109 Å². The van der Waals surface area contributed by atoms with Crippen LogP contribution in [0.5, 0.6) is 0 Å². The van der Waals surface area contributed by atoms with E-state index in [0.29, 0.717) is 18.1 Å². The number of fused-ring (bicyclic) bond motifs is 3. The summed E-state index contributed by atoms with van der Waals surface area (Å²) in [5.74, 6) is -1.11. The van der Waals surface area contributed by atoms with E-state index in [9.17, 15) is 14.4 Å². The first-order valence-corrected chi connectivity index (χ1v) is 13.9. The Labute approximate surface area is 236 Å². The van der Waals surface area contributed by atoms with Crippen molar-refractivity contribution in [2.45, 2.75) is 31.7 Å². The van der Waals surface area contributed by atoms with Crippen LogP contribution in [0.3, 0.4) is 0 Å². The normalized spacial score (nSPS) is 11.9. The Bertz CT molecular complexity index is 1460. The lowest BCUT2D eigenvalue weighted by molar-refractivity contribution is -0.138. The highest BCUT2D eigenvalue weighted by Crippen LogP contribution is 2.44. The smallest absolute Gasteiger partial charge is 0.413 e. The van der Waals surface area contributed by atoms with Crippen LogP contribution in [0.1, 0.15) is 40.3 Å². The molecule has 1 aliphatic rings. The van der Waals surface area contributed by atoms with Crippen molar-refractivity contribution >= 4 is 34.4 Å². The predicted octanol–water partition coefficient (Wildman–Crippen LogP) is 5.94. The van der Waals surface area contributed by atoms with Gasteiger partial charge in [0.15, 0.2) is 5.13 Å². The van der Waals surface area contributed by atoms with Gasteiger partial charge in [0, 0.05) is 36.5 Å². The molecule has 204 valence electrons. The van der Waals surface area contributed by atoms with Crippen molar-refractivity contribution in [1.29, 1.82) is 0 Å². The van der Waals surface area contributed by atoms with Crippen LogP contribution in [0.15, 0.2) is 85.1 Å². The molecule has 40 heavy (non-hydrogen) atoms. The summed E-state index contributed by atoms with van der Waals surface area (Å²) in [6, 6.07) is 25.8. The minimum atomic E-state index is -0.947. The van der Waals surface area contributed by atoms with Crippen molar-refractivity contribution in [3.8, 4) is 11.1 Å². The van der Waals surface area contributed by atoms with Crippen molar-refractivity contribution in [2.24, 2.45) is 0 Å². The number of aryl methyl sites for hydroxylation is 1. The zero-order chi connectivity index (χ0) is 27.9. The molecule has 0 unspecified atom stereocenters. The maximum atomic E-state index is 12.9. The van der Waals surface area contributed by atoms with E-state index in [4.69, 9.17) is 9.84 Å². The average molecular weight is 556 g/mol. The van der Waals surface area contributed by atoms with Crippen molar-refractivity contribution in [3.05, 3.63) is 107 Å². The van der Waals surface area contributed by atoms with Gasteiger partial charge >= 0.3 is 12.1 Å². The number of carboxylic acids is 1. The summed E-state index contributed by atoms with van der Waals surface area (Å²) in [7, 11) is 0. The number of aliphatic carboxylic acids is 1. The van der Waals surface area contributed by atoms with E-state index >= 15 is 0 Å². The summed E-state index contributed by atoms with van der Waals surface area (Å²) in [6.07, 6.45) is 1.57. The predicted molar refractivity (Wildman–Crippen MR) is 153 cm³/mol. The second kappa shape index (κ2) is 12.6. The van der Waals surface area contributed by atoms with E-state index in [-0.39, 0.29) is 37.8 Å². The SMILES string of the molecule is O=C(O)CCN(Cc1ccccc1)C(=O)CCc1cnc(NC(=O)OCC2c3ccccc3-c3ccccc32)s1. The first-order chi connectivity index (χ1) is 19.5. The number of anilines is 1. The number of ether oxygens (including phenoxy) is 1. The van der Waals surface area contributed by atoms with Gasteiger partial charge in [-0.25, -0.2) is 9.78 Å². The fraction of sp³-hybridized carbons (Fsp3) is 0.226. The van der Waals surface area contributed by atoms with Gasteiger partial charge < -0.3 is 14.7 Å². The number of benzene rings is 3. The van der Waals surface area contributed by atoms with Gasteiger partial charge in [0.1, 0.15) is 6.61 Å². The Kier molecular flexibility index (Phi) is 8.51. The number of carbonyl (C=O) groups is 3. The zero-order valence-corrected chi connectivity index (χ0v) is 22.6. The first-order valence-electron chi connectivity index (χ1n) is 13.1. The van der Waals surface area contributed by atoms with Crippen LogP contribution in [0.25, 0.3) is 11.1 Å². The number of amides is 2. The molecule has 0 bridgehead atoms. The molecule has 1 heterocycles. The summed E-state index contributed by atoms with van der Waals surface area (Å²) in [5, 5.41) is 12.2. The van der Waals surface area contributed by atoms with Crippen LogP contribution in [0.2, 0.25) is 0 Å². The highest BCUT2D eigenvalue weighted by atomic mass is 32.1. The largest absolute Gasteiger partial charge is 0.481 e. The Hall–Kier alpha value is -4.50. The molecule has 0 aliphatic heterocycles. The maximum Gasteiger partial charge on any atom is 0.413 e. The van der Waals surface area contributed by atoms with E-state index in [1.807, 2.05) is 54.6 Å². The molecule has 0 radical (unpaired) electrons. The Morgan fingerprint density at radius 1 is 0.900 bits per heavy atom. The number of nitrogens with zero attached hydrogens (tertiary/aromatic N) is 2. The van der Waals surface area contributed by atoms with E-state index in [0.717, 1.165) is 32.7 Å². The van der Waals surface area contributed by atoms with Crippen LogP contribution in [-0.2, 0) is 27.3 Å². The van der Waals surface area contributed by atoms with Crippen LogP contribution in [0.4, 0.5) is 9.93 Å². The van der Waals surface area contributed by atoms with Crippen molar-refractivity contribution in [1.82, 2.24) is 9.88 Å². The highest BCUT2D eigenvalue weighted by Gasteiger charge is 2.29. The molecule has 5 rings (SSSR count). The van der Waals surface area contributed by atoms with Crippen LogP contribution in [-0.4, -0.2) is 46.1 Å². The minimum Gasteiger partial charge on any atom is -0.481 e. The molecular formula is C31H29N3O5S. The van der Waals surface area contributed by atoms with E-state index in [1.54, 1.807) is 11.1 Å². The molecule has 0 fully saturated rings. The molecule has 4 aromatic rings. The number of hydrogen-bond donors (Lipinski definition) is 2. The molecule has 2 N–H and O–H groups in total. The highest BCUT2D eigenvalue weighted by molar-refractivity contribution is 7.15. The summed E-state index contributed by atoms with van der Waals surface area (Å²) in [4.78, 5) is 43.3. The van der Waals surface area contributed by atoms with Gasteiger partial charge in [-0.05, 0) is 34.2 Å². The van der Waals surface area contributed by atoms with Crippen LogP contribution < -0.4 is 5.32 Å². The Balaban J connectivity index is 1.13. The van der Waals surface area contributed by atoms with E-state index in [2.05, 4.69) is 34.6 Å². The molecule has 9 heteroatoms. The number of nitrogens with one attached hydrogen (secondary N) is 1. The average Bonchev–Trinajstić information content (AvgIpc) is 3.55. The lowest BCUT2D eigenvalue weighted by atomic mass is 9.98. The summed E-state index contributed by atoms with van der Waals surface area (Å²) in [5.41, 5.74) is 5.55. The van der Waals surface area contributed by atoms with E-state index < -0.39 is 12.1 Å². The molecule has 2 amide bonds. The number of aromatic nitrogens is 1. The molecule has 0 saturated carbocycles. The van der Waals surface area contributed by atoms with Gasteiger partial charge in [-0.3, -0.25) is 14.9 Å². The standard InChI is InChI=1S/C31H29N3O5S/c35-28(34(17-16-29(36)37)19-21-8-2-1-3-9-21)15-14-22-18-32-30(40-22)33-31(38)39-20-27-25-12-6-4-10-23(25)24-11-5-7-13-26(24)27/h1-13,18,27H,14-17,19-20H2,(H,36,37)(H,32,33,38). The zero-order valence-electron chi connectivity index (χ0n) is 21.8. The fourth-order valence-corrected chi connectivity index (χ4v) is 5.71. The second-order valence-corrected chi connectivity index (χ2v) is 10.6. The van der Waals surface area contributed by atoms with Crippen LogP contribution in [0, 0.1) is 0 Å². The number of thiazole rings is 1. The maximum absolute atomic E-state index is 12.9. The third kappa shape index (κ3) is 6.55. The fourth-order valence-electron chi connectivity index (χ4n) is 4.92. The van der Waals surface area contributed by atoms with Crippen molar-refractivity contribution in [2.75, 3.05) is 18.5 Å². The van der Waals surface area contributed by atoms with Gasteiger partial charge in [-0.2, -0.15) is 0 Å². The Morgan fingerprint density at radius 2 is 1.55 bits per heavy atom. The number of carboxylic acid groups (broad SMARTS) is 1. The molecule has 0 atom stereocenters. The molecular weight excluding hydrogens is 526 g/mol. The first kappa shape index (κ1) is 27.1.